The molecule has 2 aromatic carbocycles. The van der Waals surface area contributed by atoms with Gasteiger partial charge >= 0.3 is 6.61 Å². The summed E-state index contributed by atoms with van der Waals surface area (Å²) in [6.07, 6.45) is 0. The summed E-state index contributed by atoms with van der Waals surface area (Å²) in [5.41, 5.74) is 1.38. The van der Waals surface area contributed by atoms with Crippen LogP contribution < -0.4 is 10.1 Å². The number of aromatic amines is 1. The number of furan rings is 1. The maximum Gasteiger partial charge on any atom is 0.387 e. The lowest BCUT2D eigenvalue weighted by molar-refractivity contribution is -0.0508. The number of anilines is 1. The van der Waals surface area contributed by atoms with Crippen LogP contribution in [0.4, 0.5) is 18.9 Å². The van der Waals surface area contributed by atoms with Crippen molar-refractivity contribution in [1.29, 1.82) is 0 Å². The molecule has 12 heteroatoms. The first-order valence-corrected chi connectivity index (χ1v) is 9.63. The fourth-order valence-corrected chi connectivity index (χ4v) is 4.05. The molecule has 4 rings (SSSR count). The van der Waals surface area contributed by atoms with Gasteiger partial charge in [-0.2, -0.15) is 14.0 Å². The van der Waals surface area contributed by atoms with Crippen molar-refractivity contribution in [2.45, 2.75) is 13.2 Å². The number of nitrogens with zero attached hydrogens (tertiary/aromatic N) is 3. The standard InChI is InChI=1S/C17H10Br2F3N5O2/c18-10-4-9(5-11(19)15(10)29-17(21)22)23-6-8-3-13-7(1-12(8)20)2-14(28-13)16-24-26-27-25-16/h1-5,17,23H,6H2,(H,24,25,26,27). The predicted octanol–water partition coefficient (Wildman–Crippen LogP) is 5.49. The molecule has 0 unspecified atom stereocenters. The van der Waals surface area contributed by atoms with Crippen LogP contribution >= 0.6 is 31.9 Å². The van der Waals surface area contributed by atoms with Gasteiger partial charge in [0.1, 0.15) is 11.4 Å². The average Bonchev–Trinajstić information content (AvgIpc) is 3.31. The highest BCUT2D eigenvalue weighted by molar-refractivity contribution is 9.11. The Morgan fingerprint density at radius 3 is 2.55 bits per heavy atom. The zero-order valence-corrected chi connectivity index (χ0v) is 17.4. The predicted molar refractivity (Wildman–Crippen MR) is 105 cm³/mol. The second-order valence-electron chi connectivity index (χ2n) is 5.83. The van der Waals surface area contributed by atoms with Crippen molar-refractivity contribution in [2.24, 2.45) is 0 Å². The molecule has 0 bridgehead atoms. The van der Waals surface area contributed by atoms with E-state index in [1.165, 1.54) is 6.07 Å². The van der Waals surface area contributed by atoms with Gasteiger partial charge in [0, 0.05) is 23.2 Å². The molecule has 4 aromatic rings. The number of alkyl halides is 2. The van der Waals surface area contributed by atoms with Crippen LogP contribution in [0.25, 0.3) is 22.6 Å². The van der Waals surface area contributed by atoms with Gasteiger partial charge < -0.3 is 14.5 Å². The lowest BCUT2D eigenvalue weighted by Crippen LogP contribution is -2.05. The summed E-state index contributed by atoms with van der Waals surface area (Å²) in [6, 6.07) is 7.65. The van der Waals surface area contributed by atoms with Gasteiger partial charge in [-0.25, -0.2) is 4.39 Å². The first-order valence-electron chi connectivity index (χ1n) is 8.04. The first kappa shape index (κ1) is 19.7. The average molecular weight is 533 g/mol. The number of aromatic nitrogens is 4. The summed E-state index contributed by atoms with van der Waals surface area (Å²) in [7, 11) is 0. The van der Waals surface area contributed by atoms with Gasteiger partial charge in [0.25, 0.3) is 0 Å². The molecule has 29 heavy (non-hydrogen) atoms. The first-order chi connectivity index (χ1) is 13.9. The highest BCUT2D eigenvalue weighted by atomic mass is 79.9. The van der Waals surface area contributed by atoms with Crippen LogP contribution in [0, 0.1) is 5.82 Å². The van der Waals surface area contributed by atoms with Crippen molar-refractivity contribution in [3.8, 4) is 17.3 Å². The van der Waals surface area contributed by atoms with Crippen LogP contribution in [0.2, 0.25) is 0 Å². The van der Waals surface area contributed by atoms with E-state index < -0.39 is 12.4 Å². The maximum atomic E-state index is 14.5. The van der Waals surface area contributed by atoms with E-state index in [4.69, 9.17) is 4.42 Å². The molecule has 7 nitrogen and oxygen atoms in total. The molecular formula is C17H10Br2F3N5O2. The van der Waals surface area contributed by atoms with Crippen LogP contribution in [0.5, 0.6) is 5.75 Å². The highest BCUT2D eigenvalue weighted by Gasteiger charge is 2.15. The summed E-state index contributed by atoms with van der Waals surface area (Å²) >= 11 is 6.37. The molecule has 0 fully saturated rings. The van der Waals surface area contributed by atoms with Gasteiger partial charge in [0.2, 0.25) is 5.82 Å². The second-order valence-corrected chi connectivity index (χ2v) is 7.54. The van der Waals surface area contributed by atoms with Gasteiger partial charge in [-0.15, -0.1) is 10.2 Å². The van der Waals surface area contributed by atoms with Crippen molar-refractivity contribution in [1.82, 2.24) is 20.6 Å². The van der Waals surface area contributed by atoms with E-state index in [1.807, 2.05) is 0 Å². The number of halogens is 5. The van der Waals surface area contributed by atoms with E-state index in [9.17, 15) is 13.2 Å². The number of hydrogen-bond donors (Lipinski definition) is 2. The summed E-state index contributed by atoms with van der Waals surface area (Å²) in [5.74, 6) is 0.173. The van der Waals surface area contributed by atoms with E-state index >= 15 is 0 Å². The van der Waals surface area contributed by atoms with Crippen LogP contribution in [-0.2, 0) is 6.54 Å². The molecule has 0 aliphatic heterocycles. The van der Waals surface area contributed by atoms with Gasteiger partial charge in [0.05, 0.1) is 8.95 Å². The van der Waals surface area contributed by atoms with Crippen molar-refractivity contribution >= 4 is 48.5 Å². The van der Waals surface area contributed by atoms with E-state index in [-0.39, 0.29) is 18.1 Å². The normalized spacial score (nSPS) is 11.4. The molecule has 2 N–H and O–H groups in total. The van der Waals surface area contributed by atoms with Crippen molar-refractivity contribution in [3.05, 3.63) is 50.7 Å². The van der Waals surface area contributed by atoms with Gasteiger partial charge in [-0.1, -0.05) is 0 Å². The number of H-pyrrole nitrogens is 1. The number of ether oxygens (including phenoxy) is 1. The summed E-state index contributed by atoms with van der Waals surface area (Å²) in [4.78, 5) is 0. The number of rotatable bonds is 6. The van der Waals surface area contributed by atoms with Gasteiger partial charge in [0.15, 0.2) is 11.5 Å². The van der Waals surface area contributed by atoms with E-state index in [2.05, 4.69) is 62.5 Å². The minimum absolute atomic E-state index is 0.0252. The molecular weight excluding hydrogens is 523 g/mol. The molecule has 0 amide bonds. The fourth-order valence-electron chi connectivity index (χ4n) is 2.67. The second kappa shape index (κ2) is 8.03. The third kappa shape index (κ3) is 4.22. The van der Waals surface area contributed by atoms with Crippen LogP contribution in [-0.4, -0.2) is 27.2 Å². The largest absolute Gasteiger partial charge is 0.453 e. The Morgan fingerprint density at radius 2 is 1.90 bits per heavy atom. The van der Waals surface area contributed by atoms with Crippen LogP contribution in [0.3, 0.4) is 0 Å². The maximum absolute atomic E-state index is 14.5. The van der Waals surface area contributed by atoms with E-state index in [0.29, 0.717) is 36.9 Å². The molecule has 2 heterocycles. The molecule has 0 radical (unpaired) electrons. The molecule has 2 aromatic heterocycles. The van der Waals surface area contributed by atoms with Crippen molar-refractivity contribution in [2.75, 3.05) is 5.32 Å². The Morgan fingerprint density at radius 1 is 1.14 bits per heavy atom. The quantitative estimate of drug-likeness (QED) is 0.341. The Hall–Kier alpha value is -2.60. The van der Waals surface area contributed by atoms with E-state index in [0.717, 1.165) is 0 Å². The Bertz CT molecular complexity index is 1140. The lowest BCUT2D eigenvalue weighted by Gasteiger charge is -2.13. The Kier molecular flexibility index (Phi) is 5.46. The van der Waals surface area contributed by atoms with Crippen LogP contribution in [0.1, 0.15) is 5.56 Å². The SMILES string of the molecule is Fc1cc2cc(-c3nn[nH]n3)oc2cc1CNc1cc(Br)c(OC(F)F)c(Br)c1. The fraction of sp³-hybridized carbons (Fsp3) is 0.118. The van der Waals surface area contributed by atoms with Crippen LogP contribution in [0.15, 0.2) is 43.7 Å². The number of nitrogens with one attached hydrogen (secondary N) is 2. The Labute approximate surface area is 177 Å². The Balaban J connectivity index is 1.56. The zero-order valence-electron chi connectivity index (χ0n) is 14.2. The topological polar surface area (TPSA) is 88.9 Å². The molecule has 150 valence electrons. The summed E-state index contributed by atoms with van der Waals surface area (Å²) in [6.45, 7) is -2.82. The minimum atomic E-state index is -2.95. The van der Waals surface area contributed by atoms with E-state index in [1.54, 1.807) is 24.3 Å². The lowest BCUT2D eigenvalue weighted by atomic mass is 10.1. The number of hydrogen-bond acceptors (Lipinski definition) is 6. The summed E-state index contributed by atoms with van der Waals surface area (Å²) in [5, 5.41) is 17.0. The van der Waals surface area contributed by atoms with Gasteiger partial charge in [-0.3, -0.25) is 0 Å². The van der Waals surface area contributed by atoms with Crippen molar-refractivity contribution in [3.63, 3.8) is 0 Å². The smallest absolute Gasteiger partial charge is 0.387 e. The molecule has 0 aliphatic carbocycles. The molecule has 0 aliphatic rings. The monoisotopic (exact) mass is 531 g/mol. The number of tetrazole rings is 1. The summed E-state index contributed by atoms with van der Waals surface area (Å²) < 4.78 is 50.2. The number of benzene rings is 2. The highest BCUT2D eigenvalue weighted by Crippen LogP contribution is 2.37. The van der Waals surface area contributed by atoms with Gasteiger partial charge in [-0.05, 0) is 67.4 Å². The third-order valence-corrected chi connectivity index (χ3v) is 5.12. The molecule has 0 saturated heterocycles. The van der Waals surface area contributed by atoms with Crippen molar-refractivity contribution < 1.29 is 22.3 Å². The third-order valence-electron chi connectivity index (χ3n) is 3.94. The molecule has 0 atom stereocenters. The number of fused-ring (bicyclic) bond motifs is 1. The zero-order chi connectivity index (χ0) is 20.5. The molecule has 0 saturated carbocycles. The minimum Gasteiger partial charge on any atom is -0.453 e. The molecule has 0 spiro atoms.